The summed E-state index contributed by atoms with van der Waals surface area (Å²) in [7, 11) is -0.716. The summed E-state index contributed by atoms with van der Waals surface area (Å²) in [4.78, 5) is 0. The molecule has 0 aliphatic rings. The minimum absolute atomic E-state index is 0.709. The van der Waals surface area contributed by atoms with Crippen LogP contribution in [0.3, 0.4) is 0 Å². The Bertz CT molecular complexity index is 424. The van der Waals surface area contributed by atoms with Gasteiger partial charge in [-0.15, -0.1) is 0 Å². The zero-order valence-corrected chi connectivity index (χ0v) is 10.4. The maximum absolute atomic E-state index is 10.8. The molecule has 0 aliphatic carbocycles. The molecule has 0 saturated carbocycles. The predicted molar refractivity (Wildman–Crippen MR) is 67.9 cm³/mol. The van der Waals surface area contributed by atoms with Gasteiger partial charge < -0.3 is 5.32 Å². The van der Waals surface area contributed by atoms with Crippen LogP contribution in [-0.2, 0) is 10.8 Å². The molecule has 1 atom stereocenters. The number of rotatable bonds is 5. The van der Waals surface area contributed by atoms with Gasteiger partial charge in [0.25, 0.3) is 0 Å². The topological polar surface area (TPSA) is 52.9 Å². The second kappa shape index (κ2) is 6.29. The van der Waals surface area contributed by atoms with Crippen LogP contribution in [0.25, 0.3) is 0 Å². The highest BCUT2D eigenvalue weighted by Crippen LogP contribution is 2.14. The summed E-state index contributed by atoms with van der Waals surface area (Å²) in [5, 5.41) is 12.0. The number of nitriles is 1. The average molecular weight is 236 g/mol. The summed E-state index contributed by atoms with van der Waals surface area (Å²) in [5.74, 6) is 0.724. The molecule has 0 spiro atoms. The third kappa shape index (κ3) is 4.03. The van der Waals surface area contributed by atoms with E-state index in [2.05, 4.69) is 11.4 Å². The van der Waals surface area contributed by atoms with Crippen molar-refractivity contribution >= 4 is 16.5 Å². The zero-order valence-electron chi connectivity index (χ0n) is 9.62. The predicted octanol–water partition coefficient (Wildman–Crippen LogP) is 2.05. The van der Waals surface area contributed by atoms with Crippen LogP contribution < -0.4 is 5.32 Å². The summed E-state index contributed by atoms with van der Waals surface area (Å²) in [6, 6.07) is 7.81. The second-order valence-electron chi connectivity index (χ2n) is 3.70. The SMILES string of the molecule is Cc1cc(NCCCS(C)=O)ccc1C#N. The molecule has 0 fully saturated rings. The van der Waals surface area contributed by atoms with E-state index in [0.717, 1.165) is 30.0 Å². The van der Waals surface area contributed by atoms with E-state index in [4.69, 9.17) is 5.26 Å². The molecule has 0 aliphatic heterocycles. The van der Waals surface area contributed by atoms with E-state index >= 15 is 0 Å². The first-order valence-corrected chi connectivity index (χ1v) is 6.91. The molecule has 0 bridgehead atoms. The van der Waals surface area contributed by atoms with Crippen LogP contribution in [0.4, 0.5) is 5.69 Å². The number of hydrogen-bond acceptors (Lipinski definition) is 3. The van der Waals surface area contributed by atoms with Crippen LogP contribution in [0, 0.1) is 18.3 Å². The van der Waals surface area contributed by atoms with Crippen LogP contribution in [0.1, 0.15) is 17.5 Å². The summed E-state index contributed by atoms with van der Waals surface area (Å²) in [6.45, 7) is 2.73. The fourth-order valence-electron chi connectivity index (χ4n) is 1.41. The summed E-state index contributed by atoms with van der Waals surface area (Å²) >= 11 is 0. The highest BCUT2D eigenvalue weighted by molar-refractivity contribution is 7.84. The molecular formula is C12H16N2OS. The minimum Gasteiger partial charge on any atom is -0.385 e. The monoisotopic (exact) mass is 236 g/mol. The van der Waals surface area contributed by atoms with Crippen LogP contribution in [0.15, 0.2) is 18.2 Å². The van der Waals surface area contributed by atoms with Crippen molar-refractivity contribution in [1.29, 1.82) is 5.26 Å². The highest BCUT2D eigenvalue weighted by atomic mass is 32.2. The lowest BCUT2D eigenvalue weighted by atomic mass is 10.1. The first-order valence-electron chi connectivity index (χ1n) is 5.18. The van der Waals surface area contributed by atoms with Gasteiger partial charge in [-0.05, 0) is 37.1 Å². The fourth-order valence-corrected chi connectivity index (χ4v) is 1.96. The van der Waals surface area contributed by atoms with E-state index in [-0.39, 0.29) is 0 Å². The standard InChI is InChI=1S/C12H16N2OS/c1-10-8-12(5-4-11(10)9-13)14-6-3-7-16(2)15/h4-5,8,14H,3,6-7H2,1-2H3. The molecule has 1 N–H and O–H groups in total. The van der Waals surface area contributed by atoms with Crippen molar-refractivity contribution in [3.8, 4) is 6.07 Å². The molecular weight excluding hydrogens is 220 g/mol. The molecule has 0 aromatic heterocycles. The molecule has 0 amide bonds. The largest absolute Gasteiger partial charge is 0.385 e. The number of nitrogens with one attached hydrogen (secondary N) is 1. The van der Waals surface area contributed by atoms with Crippen molar-refractivity contribution in [3.05, 3.63) is 29.3 Å². The normalized spacial score (nSPS) is 11.8. The van der Waals surface area contributed by atoms with Crippen LogP contribution >= 0.6 is 0 Å². The Morgan fingerprint density at radius 3 is 2.81 bits per heavy atom. The third-order valence-electron chi connectivity index (χ3n) is 2.28. The average Bonchev–Trinajstić information content (AvgIpc) is 2.24. The van der Waals surface area contributed by atoms with Crippen LogP contribution in [0.5, 0.6) is 0 Å². The van der Waals surface area contributed by atoms with E-state index in [0.29, 0.717) is 5.56 Å². The van der Waals surface area contributed by atoms with Gasteiger partial charge >= 0.3 is 0 Å². The lowest BCUT2D eigenvalue weighted by molar-refractivity contribution is 0.685. The van der Waals surface area contributed by atoms with Crippen LogP contribution in [-0.4, -0.2) is 22.8 Å². The Hall–Kier alpha value is -1.34. The quantitative estimate of drug-likeness (QED) is 0.796. The molecule has 16 heavy (non-hydrogen) atoms. The van der Waals surface area contributed by atoms with Gasteiger partial charge in [0.05, 0.1) is 11.6 Å². The van der Waals surface area contributed by atoms with Gasteiger partial charge in [-0.2, -0.15) is 5.26 Å². The van der Waals surface area contributed by atoms with Crippen molar-refractivity contribution in [1.82, 2.24) is 0 Å². The van der Waals surface area contributed by atoms with Crippen molar-refractivity contribution in [2.24, 2.45) is 0 Å². The Balaban J connectivity index is 2.47. The Morgan fingerprint density at radius 2 is 2.25 bits per heavy atom. The molecule has 0 saturated heterocycles. The smallest absolute Gasteiger partial charge is 0.0994 e. The first-order chi connectivity index (χ1) is 7.63. The molecule has 0 heterocycles. The first kappa shape index (κ1) is 12.7. The van der Waals surface area contributed by atoms with Crippen molar-refractivity contribution in [3.63, 3.8) is 0 Å². The lowest BCUT2D eigenvalue weighted by Gasteiger charge is -2.07. The lowest BCUT2D eigenvalue weighted by Crippen LogP contribution is -2.06. The van der Waals surface area contributed by atoms with E-state index < -0.39 is 10.8 Å². The zero-order chi connectivity index (χ0) is 12.0. The highest BCUT2D eigenvalue weighted by Gasteiger charge is 1.98. The maximum Gasteiger partial charge on any atom is 0.0994 e. The molecule has 0 radical (unpaired) electrons. The summed E-state index contributed by atoms with van der Waals surface area (Å²) < 4.78 is 10.8. The van der Waals surface area contributed by atoms with Gasteiger partial charge in [-0.25, -0.2) is 0 Å². The molecule has 1 rings (SSSR count). The number of nitrogens with zero attached hydrogens (tertiary/aromatic N) is 1. The Morgan fingerprint density at radius 1 is 1.50 bits per heavy atom. The van der Waals surface area contributed by atoms with E-state index in [9.17, 15) is 4.21 Å². The second-order valence-corrected chi connectivity index (χ2v) is 5.25. The van der Waals surface area contributed by atoms with Crippen molar-refractivity contribution in [2.75, 3.05) is 23.9 Å². The third-order valence-corrected chi connectivity index (χ3v) is 3.15. The summed E-state index contributed by atoms with van der Waals surface area (Å²) in [6.07, 6.45) is 2.61. The van der Waals surface area contributed by atoms with Gasteiger partial charge in [0, 0.05) is 35.0 Å². The fraction of sp³-hybridized carbons (Fsp3) is 0.417. The van der Waals surface area contributed by atoms with E-state index in [1.54, 1.807) is 6.26 Å². The maximum atomic E-state index is 10.8. The van der Waals surface area contributed by atoms with E-state index in [1.807, 2.05) is 25.1 Å². The molecule has 86 valence electrons. The van der Waals surface area contributed by atoms with Crippen LogP contribution in [0.2, 0.25) is 0 Å². The van der Waals surface area contributed by atoms with Gasteiger partial charge in [-0.3, -0.25) is 4.21 Å². The van der Waals surface area contributed by atoms with Crippen molar-refractivity contribution in [2.45, 2.75) is 13.3 Å². The summed E-state index contributed by atoms with van der Waals surface area (Å²) in [5.41, 5.74) is 2.70. The van der Waals surface area contributed by atoms with E-state index in [1.165, 1.54) is 0 Å². The van der Waals surface area contributed by atoms with Gasteiger partial charge in [-0.1, -0.05) is 0 Å². The number of benzene rings is 1. The molecule has 1 unspecified atom stereocenters. The van der Waals surface area contributed by atoms with Gasteiger partial charge in [0.1, 0.15) is 0 Å². The molecule has 1 aromatic carbocycles. The minimum atomic E-state index is -0.716. The Kier molecular flexibility index (Phi) is 5.00. The van der Waals surface area contributed by atoms with Gasteiger partial charge in [0.15, 0.2) is 0 Å². The number of hydrogen-bond donors (Lipinski definition) is 1. The van der Waals surface area contributed by atoms with Crippen molar-refractivity contribution < 1.29 is 4.21 Å². The Labute approximate surface area is 98.9 Å². The van der Waals surface area contributed by atoms with Gasteiger partial charge in [0.2, 0.25) is 0 Å². The number of anilines is 1. The molecule has 4 heteroatoms. The molecule has 1 aromatic rings. The molecule has 3 nitrogen and oxygen atoms in total. The number of aryl methyl sites for hydroxylation is 1.